The van der Waals surface area contributed by atoms with Gasteiger partial charge in [0.1, 0.15) is 42.2 Å². The van der Waals surface area contributed by atoms with Crippen molar-refractivity contribution >= 4 is 53.9 Å². The fourth-order valence-corrected chi connectivity index (χ4v) is 5.44. The standard InChI is InChI=1S/C19H27N5O6.C14H12N4O5.C11H22N2O4.CH2O3.Na/c1-19(2,3)30-18(28)22-15(16(25)26)10-6-7-11-21-17(27)29-12-13-8-4-5-9-14(13)23-24-20;15-17-16-13-4-2-1-3-10(13)9-22-14(19)23-12-7-5-11(6-8-12)18(20)21;1-11(2,3)17-10(16)13-8(9(14)15)6-4-5-7-12;2-1(3)4;/h4-5,8-9,15H,6-7,10-12H2,1-3H3,(H,21,27)(H,22,28)(H,25,26);1,3,5-8H,2,4,9H2;8H,4-7,12H2,1-3H3,(H,13,16)(H,14,15);(H2,2,3,4);/q;;;;+1/p-1/t15-;;8-;;/m0.0../s1. The van der Waals surface area contributed by atoms with Crippen LogP contribution in [-0.2, 0) is 35.1 Å². The minimum absolute atomic E-state index is 0. The second-order valence-electron chi connectivity index (χ2n) is 16.9. The number of carbonyl (C=O) groups is 7. The SMILES string of the molecule is CC(C)(C)OC(=O)N[C@@H](CCCCN)C(=O)O.CC(C)(C)OC(=O)N[C@@H](CCCCNC(=O)OCc1ccccc1N=[N+]=[N-])C(=O)O.O=C([O-])O.[N-]=[N+]=NC1=C(COC(=O)Oc2ccc([N+](=O)[O-])cc2)C=CCC1.[Na+]. The molecule has 0 saturated heterocycles. The maximum atomic E-state index is 11.8. The van der Waals surface area contributed by atoms with E-state index in [1.54, 1.807) is 71.9 Å². The van der Waals surface area contributed by atoms with Gasteiger partial charge in [-0.15, -0.1) is 0 Å². The minimum Gasteiger partial charge on any atom is -0.565 e. The summed E-state index contributed by atoms with van der Waals surface area (Å²) in [7, 11) is 0. The number of azide groups is 2. The van der Waals surface area contributed by atoms with E-state index in [0.29, 0.717) is 61.2 Å². The molecule has 0 unspecified atom stereocenters. The Hall–Kier alpha value is -7.81. The van der Waals surface area contributed by atoms with Gasteiger partial charge in [0.2, 0.25) is 6.16 Å². The van der Waals surface area contributed by atoms with Crippen LogP contribution in [0.4, 0.5) is 35.3 Å². The van der Waals surface area contributed by atoms with Crippen LogP contribution in [0.5, 0.6) is 5.75 Å². The van der Waals surface area contributed by atoms with Gasteiger partial charge in [0, 0.05) is 39.9 Å². The van der Waals surface area contributed by atoms with Gasteiger partial charge in [-0.05, 0) is 134 Å². The molecule has 0 radical (unpaired) electrons. The predicted molar refractivity (Wildman–Crippen MR) is 259 cm³/mol. The van der Waals surface area contributed by atoms with Gasteiger partial charge in [-0.3, -0.25) is 10.1 Å². The zero-order chi connectivity index (χ0) is 56.3. The van der Waals surface area contributed by atoms with Crippen LogP contribution in [0.3, 0.4) is 0 Å². The van der Waals surface area contributed by atoms with Crippen LogP contribution in [0.25, 0.3) is 20.9 Å². The number of carboxylic acids is 2. The number of unbranched alkanes of at least 4 members (excludes halogenated alkanes) is 2. The predicted octanol–water partition coefficient (Wildman–Crippen LogP) is 5.01. The first kappa shape index (κ1) is 69.3. The summed E-state index contributed by atoms with van der Waals surface area (Å²) in [5.74, 6) is -2.09. The molecule has 406 valence electrons. The van der Waals surface area contributed by atoms with Gasteiger partial charge in [-0.1, -0.05) is 46.6 Å². The van der Waals surface area contributed by atoms with Crippen molar-refractivity contribution in [2.24, 2.45) is 16.0 Å². The van der Waals surface area contributed by atoms with E-state index in [-0.39, 0.29) is 67.2 Å². The number of hydrogen-bond donors (Lipinski definition) is 7. The van der Waals surface area contributed by atoms with Crippen LogP contribution in [0.2, 0.25) is 0 Å². The molecule has 0 heterocycles. The number of nitrogens with two attached hydrogens (primary N) is 1. The number of rotatable bonds is 21. The maximum absolute atomic E-state index is 11.8. The molecule has 1 aliphatic rings. The van der Waals surface area contributed by atoms with Gasteiger partial charge in [0.15, 0.2) is 0 Å². The van der Waals surface area contributed by atoms with E-state index in [4.69, 9.17) is 60.6 Å². The van der Waals surface area contributed by atoms with Crippen LogP contribution in [0, 0.1) is 10.1 Å². The number of benzene rings is 2. The first-order valence-corrected chi connectivity index (χ1v) is 22.3. The van der Waals surface area contributed by atoms with E-state index < -0.39 is 70.7 Å². The summed E-state index contributed by atoms with van der Waals surface area (Å²) in [6.07, 6.45) is 2.63. The molecular formula is C45H62N11NaO18. The van der Waals surface area contributed by atoms with Crippen molar-refractivity contribution in [3.63, 3.8) is 0 Å². The number of alkyl carbamates (subject to hydrolysis) is 3. The fraction of sp³-hybridized carbons (Fsp3) is 0.489. The molecule has 29 nitrogen and oxygen atoms in total. The first-order valence-electron chi connectivity index (χ1n) is 22.3. The number of amides is 3. The molecule has 1 aliphatic carbocycles. The summed E-state index contributed by atoms with van der Waals surface area (Å²) in [5, 5.41) is 58.3. The second kappa shape index (κ2) is 37.9. The molecule has 3 amide bonds. The van der Waals surface area contributed by atoms with E-state index >= 15 is 0 Å². The molecule has 2 aromatic rings. The van der Waals surface area contributed by atoms with E-state index in [9.17, 15) is 44.0 Å². The number of allylic oxidation sites excluding steroid dienone is 2. The molecule has 2 atom stereocenters. The molecule has 0 aliphatic heterocycles. The second-order valence-corrected chi connectivity index (χ2v) is 16.9. The summed E-state index contributed by atoms with van der Waals surface area (Å²) in [4.78, 5) is 92.5. The van der Waals surface area contributed by atoms with Gasteiger partial charge in [0.25, 0.3) is 5.69 Å². The summed E-state index contributed by atoms with van der Waals surface area (Å²) in [5.41, 5.74) is 23.0. The Labute approximate surface area is 452 Å². The number of non-ortho nitro benzene ring substituents is 1. The van der Waals surface area contributed by atoms with E-state index in [2.05, 4.69) is 36.0 Å². The van der Waals surface area contributed by atoms with Crippen LogP contribution in [-0.4, -0.2) is 106 Å². The number of carbonyl (C=O) groups excluding carboxylic acids is 4. The van der Waals surface area contributed by atoms with Crippen molar-refractivity contribution in [1.29, 1.82) is 0 Å². The Morgan fingerprint density at radius 3 is 1.77 bits per heavy atom. The topological polar surface area (TPSA) is 452 Å². The van der Waals surface area contributed by atoms with Crippen molar-refractivity contribution < 1.29 is 112 Å². The number of nitro groups is 1. The van der Waals surface area contributed by atoms with Gasteiger partial charge < -0.3 is 70.6 Å². The molecule has 8 N–H and O–H groups in total. The number of aliphatic carboxylic acids is 2. The summed E-state index contributed by atoms with van der Waals surface area (Å²) in [6, 6.07) is 9.76. The fourth-order valence-electron chi connectivity index (χ4n) is 5.44. The number of carboxylic acid groups (broad SMARTS) is 4. The number of nitro benzene ring substituents is 1. The summed E-state index contributed by atoms with van der Waals surface area (Å²) in [6.45, 7) is 10.9. The number of hydrogen-bond acceptors (Lipinski definition) is 18. The number of ether oxygens (including phenoxy) is 5. The van der Waals surface area contributed by atoms with Gasteiger partial charge in [-0.2, -0.15) is 0 Å². The minimum atomic E-state index is -2.08. The summed E-state index contributed by atoms with van der Waals surface area (Å²) >= 11 is 0. The average Bonchev–Trinajstić information content (AvgIpc) is 3.29. The first-order chi connectivity index (χ1) is 34.7. The third kappa shape index (κ3) is 35.9. The molecule has 0 bridgehead atoms. The van der Waals surface area contributed by atoms with Gasteiger partial charge in [0.05, 0.1) is 4.92 Å². The maximum Gasteiger partial charge on any atom is 1.00 e. The molecular weight excluding hydrogens is 1010 g/mol. The number of nitrogens with one attached hydrogen (secondary N) is 3. The average molecular weight is 1070 g/mol. The number of nitrogens with zero attached hydrogens (tertiary/aromatic N) is 7. The Kier molecular flexibility index (Phi) is 35.0. The third-order valence-electron chi connectivity index (χ3n) is 8.61. The molecule has 0 fully saturated rings. The summed E-state index contributed by atoms with van der Waals surface area (Å²) < 4.78 is 25.0. The van der Waals surface area contributed by atoms with Crippen molar-refractivity contribution in [3.05, 3.63) is 109 Å². The van der Waals surface area contributed by atoms with Crippen molar-refractivity contribution in [1.82, 2.24) is 16.0 Å². The largest absolute Gasteiger partial charge is 1.00 e. The molecule has 75 heavy (non-hydrogen) atoms. The van der Waals surface area contributed by atoms with Crippen LogP contribution in [0.15, 0.2) is 82.2 Å². The normalized spacial score (nSPS) is 11.9. The Bertz CT molecular complexity index is 2340. The Morgan fingerprint density at radius 1 is 0.773 bits per heavy atom. The van der Waals surface area contributed by atoms with Gasteiger partial charge in [-0.25, -0.2) is 28.8 Å². The van der Waals surface area contributed by atoms with E-state index in [1.807, 2.05) is 6.08 Å². The van der Waals surface area contributed by atoms with Crippen molar-refractivity contribution in [3.8, 4) is 5.75 Å². The zero-order valence-electron chi connectivity index (χ0n) is 42.6. The van der Waals surface area contributed by atoms with Crippen LogP contribution >= 0.6 is 0 Å². The molecule has 3 rings (SSSR count). The molecule has 0 saturated carbocycles. The van der Waals surface area contributed by atoms with E-state index in [0.717, 1.165) is 12.8 Å². The van der Waals surface area contributed by atoms with Crippen molar-refractivity contribution in [2.75, 3.05) is 19.7 Å². The third-order valence-corrected chi connectivity index (χ3v) is 8.61. The monoisotopic (exact) mass is 1070 g/mol. The Balaban J connectivity index is 0. The van der Waals surface area contributed by atoms with Gasteiger partial charge >= 0.3 is 65.9 Å². The van der Waals surface area contributed by atoms with Crippen molar-refractivity contribution in [2.45, 2.75) is 123 Å². The molecule has 0 spiro atoms. The Morgan fingerprint density at radius 2 is 1.29 bits per heavy atom. The smallest absolute Gasteiger partial charge is 0.565 e. The molecule has 0 aromatic heterocycles. The van der Waals surface area contributed by atoms with Crippen LogP contribution < -0.4 is 61.1 Å². The molecule has 2 aromatic carbocycles. The van der Waals surface area contributed by atoms with Crippen LogP contribution in [0.1, 0.15) is 98.5 Å². The molecule has 30 heteroatoms. The quantitative estimate of drug-likeness (QED) is 0.00825. The zero-order valence-corrected chi connectivity index (χ0v) is 44.6. The van der Waals surface area contributed by atoms with E-state index in [1.165, 1.54) is 24.3 Å².